The van der Waals surface area contributed by atoms with Crippen LogP contribution < -0.4 is 10.6 Å². The number of carboxylic acids is 1. The number of carbonyl (C=O) groups excluding carboxylic acids is 1. The van der Waals surface area contributed by atoms with Gasteiger partial charge in [-0.25, -0.2) is 4.79 Å². The molecule has 0 aliphatic rings. The van der Waals surface area contributed by atoms with Crippen LogP contribution in [0.1, 0.15) is 42.6 Å². The lowest BCUT2D eigenvalue weighted by molar-refractivity contribution is -0.116. The highest BCUT2D eigenvalue weighted by Gasteiger charge is 2.09. The summed E-state index contributed by atoms with van der Waals surface area (Å²) in [5.74, 6) is -1.09. The van der Waals surface area contributed by atoms with Crippen LogP contribution in [0.2, 0.25) is 0 Å². The van der Waals surface area contributed by atoms with Crippen molar-refractivity contribution >= 4 is 17.6 Å². The summed E-state index contributed by atoms with van der Waals surface area (Å²) in [6.07, 6.45) is 1.16. The molecule has 0 bridgehead atoms. The fourth-order valence-corrected chi connectivity index (χ4v) is 1.74. The highest BCUT2D eigenvalue weighted by atomic mass is 16.4. The van der Waals surface area contributed by atoms with Gasteiger partial charge in [0.2, 0.25) is 5.91 Å². The zero-order chi connectivity index (χ0) is 15.1. The van der Waals surface area contributed by atoms with Crippen LogP contribution in [0.25, 0.3) is 0 Å². The minimum atomic E-state index is -0.998. The first kappa shape index (κ1) is 16.2. The van der Waals surface area contributed by atoms with E-state index in [1.807, 2.05) is 6.92 Å². The average Bonchev–Trinajstić information content (AvgIpc) is 2.37. The fraction of sp³-hybridized carbons (Fsp3) is 0.467. The summed E-state index contributed by atoms with van der Waals surface area (Å²) in [5.41, 5.74) is 1.59. The molecule has 0 saturated carbocycles. The van der Waals surface area contributed by atoms with Crippen molar-refractivity contribution in [2.45, 2.75) is 39.7 Å². The van der Waals surface area contributed by atoms with Gasteiger partial charge in [-0.1, -0.05) is 19.9 Å². The Hall–Kier alpha value is -1.88. The summed E-state index contributed by atoms with van der Waals surface area (Å²) in [7, 11) is 0. The minimum absolute atomic E-state index is 0.0961. The smallest absolute Gasteiger partial charge is 0.335 e. The van der Waals surface area contributed by atoms with E-state index in [1.165, 1.54) is 12.1 Å². The first-order valence-corrected chi connectivity index (χ1v) is 6.77. The standard InChI is InChI=1S/C15H22N2O3/c1-10(2)16-8-4-5-14(18)17-13-9-12(15(19)20)7-6-11(13)3/h6-7,9-10,16H,4-5,8H2,1-3H3,(H,17,18)(H,19,20). The monoisotopic (exact) mass is 278 g/mol. The van der Waals surface area contributed by atoms with E-state index in [9.17, 15) is 9.59 Å². The fourth-order valence-electron chi connectivity index (χ4n) is 1.74. The molecule has 0 heterocycles. The molecule has 0 spiro atoms. The number of nitrogens with one attached hydrogen (secondary N) is 2. The average molecular weight is 278 g/mol. The number of benzene rings is 1. The van der Waals surface area contributed by atoms with E-state index in [1.54, 1.807) is 6.07 Å². The minimum Gasteiger partial charge on any atom is -0.478 e. The molecular formula is C15H22N2O3. The van der Waals surface area contributed by atoms with Crippen molar-refractivity contribution in [2.75, 3.05) is 11.9 Å². The molecule has 5 heteroatoms. The largest absolute Gasteiger partial charge is 0.478 e. The molecule has 0 aliphatic carbocycles. The van der Waals surface area contributed by atoms with E-state index < -0.39 is 5.97 Å². The second kappa shape index (κ2) is 7.65. The van der Waals surface area contributed by atoms with Crippen molar-refractivity contribution in [1.82, 2.24) is 5.32 Å². The van der Waals surface area contributed by atoms with Gasteiger partial charge in [-0.2, -0.15) is 0 Å². The molecule has 5 nitrogen and oxygen atoms in total. The Morgan fingerprint density at radius 3 is 2.60 bits per heavy atom. The van der Waals surface area contributed by atoms with Crippen LogP contribution in [0.15, 0.2) is 18.2 Å². The first-order valence-electron chi connectivity index (χ1n) is 6.77. The maximum atomic E-state index is 11.8. The van der Waals surface area contributed by atoms with Gasteiger partial charge in [0.1, 0.15) is 0 Å². The SMILES string of the molecule is Cc1ccc(C(=O)O)cc1NC(=O)CCCNC(C)C. The summed E-state index contributed by atoms with van der Waals surface area (Å²) in [5, 5.41) is 14.9. The molecule has 1 rings (SSSR count). The first-order chi connectivity index (χ1) is 9.40. The Morgan fingerprint density at radius 2 is 2.00 bits per heavy atom. The third kappa shape index (κ3) is 5.40. The van der Waals surface area contributed by atoms with E-state index in [4.69, 9.17) is 5.11 Å². The molecule has 110 valence electrons. The number of aromatic carboxylic acids is 1. The van der Waals surface area contributed by atoms with Crippen molar-refractivity contribution < 1.29 is 14.7 Å². The van der Waals surface area contributed by atoms with Crippen LogP contribution in [0, 0.1) is 6.92 Å². The Labute approximate surface area is 119 Å². The molecule has 0 radical (unpaired) electrons. The predicted molar refractivity (Wildman–Crippen MR) is 79.1 cm³/mol. The highest BCUT2D eigenvalue weighted by Crippen LogP contribution is 2.17. The van der Waals surface area contributed by atoms with E-state index in [0.29, 0.717) is 18.2 Å². The third-order valence-electron chi connectivity index (χ3n) is 2.89. The Balaban J connectivity index is 2.53. The number of amides is 1. The van der Waals surface area contributed by atoms with Crippen LogP contribution in [-0.4, -0.2) is 29.6 Å². The molecule has 0 aromatic heterocycles. The summed E-state index contributed by atoms with van der Waals surface area (Å²) in [6, 6.07) is 5.12. The molecule has 0 atom stereocenters. The summed E-state index contributed by atoms with van der Waals surface area (Å²) in [6.45, 7) is 6.74. The Kier molecular flexibility index (Phi) is 6.18. The van der Waals surface area contributed by atoms with E-state index in [0.717, 1.165) is 18.5 Å². The van der Waals surface area contributed by atoms with Crippen molar-refractivity contribution in [3.63, 3.8) is 0 Å². The van der Waals surface area contributed by atoms with Crippen LogP contribution >= 0.6 is 0 Å². The number of hydrogen-bond donors (Lipinski definition) is 3. The van der Waals surface area contributed by atoms with Crippen molar-refractivity contribution in [3.05, 3.63) is 29.3 Å². The van der Waals surface area contributed by atoms with Gasteiger partial charge in [0.25, 0.3) is 0 Å². The molecule has 1 aromatic carbocycles. The molecule has 0 fully saturated rings. The van der Waals surface area contributed by atoms with Crippen LogP contribution in [0.5, 0.6) is 0 Å². The summed E-state index contributed by atoms with van der Waals surface area (Å²) >= 11 is 0. The zero-order valence-electron chi connectivity index (χ0n) is 12.2. The van der Waals surface area contributed by atoms with Gasteiger partial charge in [0.15, 0.2) is 0 Å². The van der Waals surface area contributed by atoms with E-state index in [2.05, 4.69) is 24.5 Å². The number of anilines is 1. The van der Waals surface area contributed by atoms with Gasteiger partial charge >= 0.3 is 5.97 Å². The number of carbonyl (C=O) groups is 2. The van der Waals surface area contributed by atoms with E-state index in [-0.39, 0.29) is 11.5 Å². The second-order valence-corrected chi connectivity index (χ2v) is 5.10. The van der Waals surface area contributed by atoms with Crippen molar-refractivity contribution in [2.24, 2.45) is 0 Å². The van der Waals surface area contributed by atoms with Gasteiger partial charge in [-0.3, -0.25) is 4.79 Å². The number of aryl methyl sites for hydroxylation is 1. The Bertz CT molecular complexity index is 484. The lowest BCUT2D eigenvalue weighted by Crippen LogP contribution is -2.24. The summed E-state index contributed by atoms with van der Waals surface area (Å²) in [4.78, 5) is 22.7. The molecule has 3 N–H and O–H groups in total. The topological polar surface area (TPSA) is 78.4 Å². The van der Waals surface area contributed by atoms with Gasteiger partial charge in [0.05, 0.1) is 5.56 Å². The third-order valence-corrected chi connectivity index (χ3v) is 2.89. The van der Waals surface area contributed by atoms with Crippen molar-refractivity contribution in [3.8, 4) is 0 Å². The molecule has 1 aromatic rings. The number of rotatable bonds is 7. The lowest BCUT2D eigenvalue weighted by atomic mass is 10.1. The zero-order valence-corrected chi connectivity index (χ0v) is 12.2. The lowest BCUT2D eigenvalue weighted by Gasteiger charge is -2.10. The second-order valence-electron chi connectivity index (χ2n) is 5.10. The van der Waals surface area contributed by atoms with Gasteiger partial charge in [-0.05, 0) is 37.6 Å². The Morgan fingerprint density at radius 1 is 1.30 bits per heavy atom. The van der Waals surface area contributed by atoms with Crippen LogP contribution in [0.3, 0.4) is 0 Å². The van der Waals surface area contributed by atoms with Crippen molar-refractivity contribution in [1.29, 1.82) is 0 Å². The summed E-state index contributed by atoms with van der Waals surface area (Å²) < 4.78 is 0. The number of carboxylic acid groups (broad SMARTS) is 1. The quantitative estimate of drug-likeness (QED) is 0.669. The maximum Gasteiger partial charge on any atom is 0.335 e. The van der Waals surface area contributed by atoms with Gasteiger partial charge in [-0.15, -0.1) is 0 Å². The molecule has 20 heavy (non-hydrogen) atoms. The molecule has 1 amide bonds. The molecule has 0 saturated heterocycles. The van der Waals surface area contributed by atoms with Gasteiger partial charge < -0.3 is 15.7 Å². The molecular weight excluding hydrogens is 256 g/mol. The number of hydrogen-bond acceptors (Lipinski definition) is 3. The predicted octanol–water partition coefficient (Wildman–Crippen LogP) is 2.41. The maximum absolute atomic E-state index is 11.8. The van der Waals surface area contributed by atoms with E-state index >= 15 is 0 Å². The molecule has 0 aliphatic heterocycles. The van der Waals surface area contributed by atoms with Gasteiger partial charge in [0, 0.05) is 18.2 Å². The normalized spacial score (nSPS) is 10.6. The van der Waals surface area contributed by atoms with Crippen LogP contribution in [-0.2, 0) is 4.79 Å². The highest BCUT2D eigenvalue weighted by molar-refractivity contribution is 5.94. The van der Waals surface area contributed by atoms with Crippen LogP contribution in [0.4, 0.5) is 5.69 Å². The molecule has 0 unspecified atom stereocenters.